The molecule has 0 atom stereocenters. The van der Waals surface area contributed by atoms with E-state index in [1.54, 1.807) is 7.11 Å². The van der Waals surface area contributed by atoms with Crippen LogP contribution in [0.1, 0.15) is 32.6 Å². The Morgan fingerprint density at radius 2 is 1.74 bits per heavy atom. The molecule has 0 aliphatic rings. The highest BCUT2D eigenvalue weighted by Crippen LogP contribution is 2.30. The zero-order valence-corrected chi connectivity index (χ0v) is 16.4. The third-order valence-electron chi connectivity index (χ3n) is 4.67. The number of fused-ring (bicyclic) bond motifs is 1. The highest BCUT2D eigenvalue weighted by molar-refractivity contribution is 5.92. The topological polar surface area (TPSA) is 50.3 Å². The minimum Gasteiger partial charge on any atom is -0.497 e. The predicted molar refractivity (Wildman–Crippen MR) is 113 cm³/mol. The van der Waals surface area contributed by atoms with Gasteiger partial charge in [-0.3, -0.25) is 0 Å². The summed E-state index contributed by atoms with van der Waals surface area (Å²) in [4.78, 5) is 11.6. The summed E-state index contributed by atoms with van der Waals surface area (Å²) in [6.45, 7) is 3.12. The van der Waals surface area contributed by atoms with Gasteiger partial charge in [-0.2, -0.15) is 4.98 Å². The summed E-state index contributed by atoms with van der Waals surface area (Å²) in [5, 5.41) is 4.43. The molecule has 5 nitrogen and oxygen atoms in total. The molecule has 3 aromatic rings. The van der Waals surface area contributed by atoms with Crippen molar-refractivity contribution in [3.63, 3.8) is 0 Å². The first kappa shape index (κ1) is 19.0. The number of rotatable bonds is 9. The van der Waals surface area contributed by atoms with Crippen molar-refractivity contribution in [3.8, 4) is 5.75 Å². The average molecular weight is 364 g/mol. The Labute approximate surface area is 161 Å². The molecule has 27 heavy (non-hydrogen) atoms. The van der Waals surface area contributed by atoms with Gasteiger partial charge in [-0.05, 0) is 42.8 Å². The van der Waals surface area contributed by atoms with E-state index in [4.69, 9.17) is 9.72 Å². The van der Waals surface area contributed by atoms with Gasteiger partial charge in [0.2, 0.25) is 5.95 Å². The fraction of sp³-hybridized carbons (Fsp3) is 0.364. The van der Waals surface area contributed by atoms with Crippen LogP contribution in [0.4, 0.5) is 17.5 Å². The molecule has 3 rings (SSSR count). The quantitative estimate of drug-likeness (QED) is 0.515. The molecule has 0 fully saturated rings. The van der Waals surface area contributed by atoms with Crippen LogP contribution in [0.5, 0.6) is 5.75 Å². The fourth-order valence-electron chi connectivity index (χ4n) is 3.07. The first-order valence-corrected chi connectivity index (χ1v) is 9.61. The average Bonchev–Trinajstić information content (AvgIpc) is 2.72. The van der Waals surface area contributed by atoms with E-state index in [1.165, 1.54) is 19.3 Å². The van der Waals surface area contributed by atoms with Crippen LogP contribution in [0.15, 0.2) is 48.5 Å². The summed E-state index contributed by atoms with van der Waals surface area (Å²) in [5.41, 5.74) is 1.99. The molecule has 1 heterocycles. The van der Waals surface area contributed by atoms with Gasteiger partial charge in [-0.15, -0.1) is 0 Å². The van der Waals surface area contributed by atoms with Crippen molar-refractivity contribution in [2.24, 2.45) is 0 Å². The maximum atomic E-state index is 5.26. The molecule has 0 unspecified atom stereocenters. The number of anilines is 3. The van der Waals surface area contributed by atoms with E-state index in [2.05, 4.69) is 28.2 Å². The summed E-state index contributed by atoms with van der Waals surface area (Å²) in [7, 11) is 3.71. The van der Waals surface area contributed by atoms with Crippen LogP contribution in [0, 0.1) is 0 Å². The number of benzene rings is 2. The van der Waals surface area contributed by atoms with E-state index in [9.17, 15) is 0 Å². The Bertz CT molecular complexity index is 864. The van der Waals surface area contributed by atoms with Crippen molar-refractivity contribution in [1.29, 1.82) is 0 Å². The first-order chi connectivity index (χ1) is 13.2. The highest BCUT2D eigenvalue weighted by atomic mass is 16.5. The SMILES string of the molecule is CCCCCCNc1nc(N(C)c2ccc(OC)cc2)c2ccccc2n1. The lowest BCUT2D eigenvalue weighted by Gasteiger charge is -2.21. The van der Waals surface area contributed by atoms with Crippen molar-refractivity contribution in [1.82, 2.24) is 9.97 Å². The van der Waals surface area contributed by atoms with Gasteiger partial charge < -0.3 is 15.0 Å². The Morgan fingerprint density at radius 1 is 0.963 bits per heavy atom. The number of aromatic nitrogens is 2. The Hall–Kier alpha value is -2.82. The molecule has 5 heteroatoms. The van der Waals surface area contributed by atoms with Crippen molar-refractivity contribution < 1.29 is 4.74 Å². The minimum absolute atomic E-state index is 0.681. The smallest absolute Gasteiger partial charge is 0.225 e. The van der Waals surface area contributed by atoms with Gasteiger partial charge >= 0.3 is 0 Å². The highest BCUT2D eigenvalue weighted by Gasteiger charge is 2.13. The van der Waals surface area contributed by atoms with Crippen LogP contribution in [-0.4, -0.2) is 30.7 Å². The first-order valence-electron chi connectivity index (χ1n) is 9.61. The fourth-order valence-corrected chi connectivity index (χ4v) is 3.07. The lowest BCUT2D eigenvalue weighted by molar-refractivity contribution is 0.415. The monoisotopic (exact) mass is 364 g/mol. The van der Waals surface area contributed by atoms with E-state index in [0.29, 0.717) is 5.95 Å². The molecule has 0 radical (unpaired) electrons. The largest absolute Gasteiger partial charge is 0.497 e. The third kappa shape index (κ3) is 4.67. The molecule has 0 saturated carbocycles. The van der Waals surface area contributed by atoms with Crippen LogP contribution >= 0.6 is 0 Å². The summed E-state index contributed by atoms with van der Waals surface area (Å²) >= 11 is 0. The molecule has 1 N–H and O–H groups in total. The number of methoxy groups -OCH3 is 1. The van der Waals surface area contributed by atoms with E-state index in [-0.39, 0.29) is 0 Å². The summed E-state index contributed by atoms with van der Waals surface area (Å²) in [6.07, 6.45) is 4.87. The molecule has 0 spiro atoms. The molecule has 142 valence electrons. The molecule has 0 bridgehead atoms. The molecule has 2 aromatic carbocycles. The van der Waals surface area contributed by atoms with Gasteiger partial charge in [0.15, 0.2) is 0 Å². The van der Waals surface area contributed by atoms with Gasteiger partial charge in [0, 0.05) is 24.7 Å². The van der Waals surface area contributed by atoms with Crippen molar-refractivity contribution in [2.45, 2.75) is 32.6 Å². The van der Waals surface area contributed by atoms with Crippen molar-refractivity contribution in [3.05, 3.63) is 48.5 Å². The van der Waals surface area contributed by atoms with Crippen LogP contribution in [0.25, 0.3) is 10.9 Å². The molecule has 0 aliphatic carbocycles. The summed E-state index contributed by atoms with van der Waals surface area (Å²) in [5.74, 6) is 2.41. The number of nitrogens with one attached hydrogen (secondary N) is 1. The Balaban J connectivity index is 1.87. The van der Waals surface area contributed by atoms with Gasteiger partial charge in [-0.1, -0.05) is 38.3 Å². The number of nitrogens with zero attached hydrogens (tertiary/aromatic N) is 3. The number of hydrogen-bond acceptors (Lipinski definition) is 5. The van der Waals surface area contributed by atoms with Gasteiger partial charge in [0.05, 0.1) is 12.6 Å². The molecule has 0 amide bonds. The lowest BCUT2D eigenvalue weighted by atomic mass is 10.2. The molecule has 1 aromatic heterocycles. The summed E-state index contributed by atoms with van der Waals surface area (Å²) in [6, 6.07) is 16.1. The normalized spacial score (nSPS) is 10.8. The van der Waals surface area contributed by atoms with Crippen molar-refractivity contribution in [2.75, 3.05) is 30.9 Å². The van der Waals surface area contributed by atoms with Crippen LogP contribution in [0.3, 0.4) is 0 Å². The van der Waals surface area contributed by atoms with E-state index < -0.39 is 0 Å². The van der Waals surface area contributed by atoms with Crippen LogP contribution in [0.2, 0.25) is 0 Å². The van der Waals surface area contributed by atoms with Gasteiger partial charge in [0.1, 0.15) is 11.6 Å². The molecule has 0 saturated heterocycles. The third-order valence-corrected chi connectivity index (χ3v) is 4.67. The molecular weight excluding hydrogens is 336 g/mol. The van der Waals surface area contributed by atoms with Gasteiger partial charge in [0.25, 0.3) is 0 Å². The number of para-hydroxylation sites is 1. The number of unbranched alkanes of at least 4 members (excludes halogenated alkanes) is 3. The zero-order chi connectivity index (χ0) is 19.1. The maximum Gasteiger partial charge on any atom is 0.225 e. The zero-order valence-electron chi connectivity index (χ0n) is 16.4. The summed E-state index contributed by atoms with van der Waals surface area (Å²) < 4.78 is 5.26. The van der Waals surface area contributed by atoms with Crippen LogP contribution < -0.4 is 15.0 Å². The second kappa shape index (κ2) is 9.21. The minimum atomic E-state index is 0.681. The lowest BCUT2D eigenvalue weighted by Crippen LogP contribution is -2.14. The Morgan fingerprint density at radius 3 is 2.48 bits per heavy atom. The van der Waals surface area contributed by atoms with E-state index in [1.807, 2.05) is 49.5 Å². The predicted octanol–water partition coefficient (Wildman–Crippen LogP) is 5.40. The number of ether oxygens (including phenoxy) is 1. The molecular formula is C22H28N4O. The second-order valence-electron chi connectivity index (χ2n) is 6.63. The van der Waals surface area contributed by atoms with Crippen molar-refractivity contribution >= 4 is 28.4 Å². The van der Waals surface area contributed by atoms with Crippen LogP contribution in [-0.2, 0) is 0 Å². The second-order valence-corrected chi connectivity index (χ2v) is 6.63. The number of hydrogen-bond donors (Lipinski definition) is 1. The maximum absolute atomic E-state index is 5.26. The van der Waals surface area contributed by atoms with E-state index in [0.717, 1.165) is 41.1 Å². The standard InChI is InChI=1S/C22H28N4O/c1-4-5-6-9-16-23-22-24-20-11-8-7-10-19(20)21(25-22)26(2)17-12-14-18(27-3)15-13-17/h7-8,10-15H,4-6,9,16H2,1-3H3,(H,23,24,25). The van der Waals surface area contributed by atoms with E-state index >= 15 is 0 Å². The Kier molecular flexibility index (Phi) is 6.47. The van der Waals surface area contributed by atoms with Gasteiger partial charge in [-0.25, -0.2) is 4.98 Å². The molecule has 0 aliphatic heterocycles.